The quantitative estimate of drug-likeness (QED) is 0.456. The van der Waals surface area contributed by atoms with Crippen molar-refractivity contribution in [2.24, 2.45) is 4.99 Å². The number of aliphatic imine (C=N–C) groups is 1. The van der Waals surface area contributed by atoms with Gasteiger partial charge in [-0.25, -0.2) is 13.8 Å². The molecular weight excluding hydrogens is 240 g/mol. The molecule has 0 heterocycles. The topological polar surface area (TPSA) is 21.6 Å². The van der Waals surface area contributed by atoms with Crippen LogP contribution in [0.1, 0.15) is 5.56 Å². The fourth-order valence-corrected chi connectivity index (χ4v) is 1.89. The molecule has 0 bridgehead atoms. The molecule has 1 rings (SSSR count). The van der Waals surface area contributed by atoms with Crippen LogP contribution >= 0.6 is 0 Å². The SMILES string of the molecule is C=C(N=Cc1ccc(F)cc1F)O[Si](C)(C)C. The molecule has 0 saturated carbocycles. The summed E-state index contributed by atoms with van der Waals surface area (Å²) in [5.74, 6) is -1.03. The first-order valence-corrected chi connectivity index (χ1v) is 8.56. The number of hydrogen-bond donors (Lipinski definition) is 0. The molecule has 0 saturated heterocycles. The molecule has 0 amide bonds. The lowest BCUT2D eigenvalue weighted by Gasteiger charge is -2.17. The number of halogens is 2. The van der Waals surface area contributed by atoms with Gasteiger partial charge in [0.1, 0.15) is 11.6 Å². The first-order valence-electron chi connectivity index (χ1n) is 5.15. The molecule has 17 heavy (non-hydrogen) atoms. The Bertz CT molecular complexity index is 452. The van der Waals surface area contributed by atoms with Crippen LogP contribution in [0.5, 0.6) is 0 Å². The number of hydrogen-bond acceptors (Lipinski definition) is 2. The minimum atomic E-state index is -1.75. The summed E-state index contributed by atoms with van der Waals surface area (Å²) in [5, 5.41) is 0. The van der Waals surface area contributed by atoms with Crippen LogP contribution in [0.15, 0.2) is 35.7 Å². The van der Waals surface area contributed by atoms with Crippen LogP contribution in [0, 0.1) is 11.6 Å². The maximum absolute atomic E-state index is 13.2. The van der Waals surface area contributed by atoms with Crippen LogP contribution in [0.3, 0.4) is 0 Å². The molecule has 0 atom stereocenters. The largest absolute Gasteiger partial charge is 0.532 e. The van der Waals surface area contributed by atoms with E-state index < -0.39 is 20.0 Å². The molecule has 0 radical (unpaired) electrons. The molecule has 1 aromatic rings. The zero-order chi connectivity index (χ0) is 13.1. The summed E-state index contributed by atoms with van der Waals surface area (Å²) < 4.78 is 31.4. The van der Waals surface area contributed by atoms with Crippen molar-refractivity contribution in [3.63, 3.8) is 0 Å². The fourth-order valence-electron chi connectivity index (χ4n) is 1.13. The highest BCUT2D eigenvalue weighted by Crippen LogP contribution is 2.11. The molecule has 0 spiro atoms. The van der Waals surface area contributed by atoms with Gasteiger partial charge in [0, 0.05) is 17.8 Å². The van der Waals surface area contributed by atoms with Crippen LogP contribution < -0.4 is 0 Å². The van der Waals surface area contributed by atoms with Gasteiger partial charge in [-0.2, -0.15) is 0 Å². The smallest absolute Gasteiger partial charge is 0.244 e. The summed E-state index contributed by atoms with van der Waals surface area (Å²) in [6, 6.07) is 3.30. The third kappa shape index (κ3) is 4.91. The van der Waals surface area contributed by atoms with Crippen LogP contribution in [-0.2, 0) is 4.43 Å². The molecule has 1 aromatic carbocycles. The van der Waals surface area contributed by atoms with Gasteiger partial charge < -0.3 is 4.43 Å². The van der Waals surface area contributed by atoms with Crippen molar-refractivity contribution in [1.82, 2.24) is 0 Å². The van der Waals surface area contributed by atoms with E-state index in [4.69, 9.17) is 4.43 Å². The molecule has 0 N–H and O–H groups in total. The highest BCUT2D eigenvalue weighted by atomic mass is 28.4. The van der Waals surface area contributed by atoms with Crippen LogP contribution in [0.25, 0.3) is 0 Å². The summed E-state index contributed by atoms with van der Waals surface area (Å²) >= 11 is 0. The Morgan fingerprint density at radius 1 is 1.35 bits per heavy atom. The molecule has 5 heteroatoms. The van der Waals surface area contributed by atoms with Gasteiger partial charge >= 0.3 is 0 Å². The van der Waals surface area contributed by atoms with Gasteiger partial charge in [0.25, 0.3) is 0 Å². The average Bonchev–Trinajstić information content (AvgIpc) is 2.13. The third-order valence-electron chi connectivity index (χ3n) is 1.73. The molecule has 92 valence electrons. The molecular formula is C12H15F2NOSi. The summed E-state index contributed by atoms with van der Waals surface area (Å²) in [6.45, 7) is 9.60. The monoisotopic (exact) mass is 255 g/mol. The minimum absolute atomic E-state index is 0.201. The van der Waals surface area contributed by atoms with E-state index in [0.29, 0.717) is 0 Å². The molecule has 0 fully saturated rings. The lowest BCUT2D eigenvalue weighted by molar-refractivity contribution is 0.421. The predicted octanol–water partition coefficient (Wildman–Crippen LogP) is 3.71. The van der Waals surface area contributed by atoms with E-state index in [0.717, 1.165) is 6.07 Å². The highest BCUT2D eigenvalue weighted by Gasteiger charge is 2.16. The number of rotatable bonds is 4. The summed E-state index contributed by atoms with van der Waals surface area (Å²) in [6.07, 6.45) is 1.28. The Labute approximate surface area is 101 Å². The first-order chi connectivity index (χ1) is 7.78. The third-order valence-corrected chi connectivity index (χ3v) is 2.58. The predicted molar refractivity (Wildman–Crippen MR) is 67.5 cm³/mol. The van der Waals surface area contributed by atoms with Crippen LogP contribution in [0.2, 0.25) is 19.6 Å². The maximum Gasteiger partial charge on any atom is 0.244 e. The minimum Gasteiger partial charge on any atom is -0.532 e. The highest BCUT2D eigenvalue weighted by molar-refractivity contribution is 6.70. The summed E-state index contributed by atoms with van der Waals surface area (Å²) in [5.41, 5.74) is 0.201. The zero-order valence-corrected chi connectivity index (χ0v) is 11.1. The number of benzene rings is 1. The molecule has 2 nitrogen and oxygen atoms in total. The van der Waals surface area contributed by atoms with E-state index in [-0.39, 0.29) is 11.4 Å². The van der Waals surface area contributed by atoms with Crippen molar-refractivity contribution in [2.45, 2.75) is 19.6 Å². The second kappa shape index (κ2) is 5.22. The van der Waals surface area contributed by atoms with E-state index >= 15 is 0 Å². The molecule has 0 aliphatic heterocycles. The molecule has 0 aliphatic carbocycles. The second-order valence-electron chi connectivity index (χ2n) is 4.53. The van der Waals surface area contributed by atoms with Gasteiger partial charge in [0.05, 0.1) is 0 Å². The van der Waals surface area contributed by atoms with E-state index in [2.05, 4.69) is 11.6 Å². The van der Waals surface area contributed by atoms with E-state index in [9.17, 15) is 8.78 Å². The van der Waals surface area contributed by atoms with Crippen molar-refractivity contribution in [3.8, 4) is 0 Å². The molecule has 0 unspecified atom stereocenters. The number of nitrogens with zero attached hydrogens (tertiary/aromatic N) is 1. The van der Waals surface area contributed by atoms with Crippen molar-refractivity contribution in [1.29, 1.82) is 0 Å². The lowest BCUT2D eigenvalue weighted by Crippen LogP contribution is -2.24. The zero-order valence-electron chi connectivity index (χ0n) is 10.1. The Morgan fingerprint density at radius 3 is 2.53 bits per heavy atom. The average molecular weight is 255 g/mol. The fraction of sp³-hybridized carbons (Fsp3) is 0.250. The normalized spacial score (nSPS) is 11.8. The second-order valence-corrected chi connectivity index (χ2v) is 8.96. The Kier molecular flexibility index (Phi) is 4.17. The van der Waals surface area contributed by atoms with Crippen molar-refractivity contribution >= 4 is 14.5 Å². The van der Waals surface area contributed by atoms with Gasteiger partial charge in [0.2, 0.25) is 8.32 Å². The van der Waals surface area contributed by atoms with E-state index in [1.54, 1.807) is 0 Å². The van der Waals surface area contributed by atoms with Gasteiger partial charge in [-0.1, -0.05) is 0 Å². The standard InChI is InChI=1S/C12H15F2NOSi/c1-9(16-17(2,3)4)15-8-10-5-6-11(13)7-12(10)14/h5-8H,1H2,2-4H3. The van der Waals surface area contributed by atoms with E-state index in [1.807, 2.05) is 19.6 Å². The van der Waals surface area contributed by atoms with Crippen LogP contribution in [0.4, 0.5) is 8.78 Å². The van der Waals surface area contributed by atoms with Gasteiger partial charge in [-0.05, 0) is 38.4 Å². The molecule has 0 aromatic heterocycles. The lowest BCUT2D eigenvalue weighted by atomic mass is 10.2. The van der Waals surface area contributed by atoms with Gasteiger partial charge in [-0.15, -0.1) is 0 Å². The van der Waals surface area contributed by atoms with Gasteiger partial charge in [-0.3, -0.25) is 0 Å². The van der Waals surface area contributed by atoms with Crippen LogP contribution in [-0.4, -0.2) is 14.5 Å². The van der Waals surface area contributed by atoms with Crippen molar-refractivity contribution in [2.75, 3.05) is 0 Å². The molecule has 0 aliphatic rings. The van der Waals surface area contributed by atoms with Crippen molar-refractivity contribution in [3.05, 3.63) is 47.9 Å². The van der Waals surface area contributed by atoms with E-state index in [1.165, 1.54) is 18.3 Å². The first kappa shape index (κ1) is 13.6. The Hall–Kier alpha value is -1.49. The van der Waals surface area contributed by atoms with Crippen molar-refractivity contribution < 1.29 is 13.2 Å². The van der Waals surface area contributed by atoms with Gasteiger partial charge in [0.15, 0.2) is 5.88 Å². The summed E-state index contributed by atoms with van der Waals surface area (Å²) in [7, 11) is -1.75. The maximum atomic E-state index is 13.2. The summed E-state index contributed by atoms with van der Waals surface area (Å²) in [4.78, 5) is 3.90. The Balaban J connectivity index is 2.74. The Morgan fingerprint density at radius 2 is 2.00 bits per heavy atom.